The Morgan fingerprint density at radius 2 is 1.69 bits per heavy atom. The van der Waals surface area contributed by atoms with Crippen LogP contribution in [0.1, 0.15) is 39.0 Å². The zero-order valence-electron chi connectivity index (χ0n) is 11.0. The van der Waals surface area contributed by atoms with E-state index >= 15 is 0 Å². The molecule has 0 saturated carbocycles. The van der Waals surface area contributed by atoms with Crippen LogP contribution in [0.2, 0.25) is 0 Å². The number of oxime groups is 1. The highest BCUT2D eigenvalue weighted by Crippen LogP contribution is 2.06. The van der Waals surface area contributed by atoms with Crippen molar-refractivity contribution in [2.75, 3.05) is 27.7 Å². The van der Waals surface area contributed by atoms with Gasteiger partial charge in [-0.05, 0) is 26.2 Å². The fraction of sp³-hybridized carbons (Fsp3) is 0.833. The van der Waals surface area contributed by atoms with Gasteiger partial charge in [-0.2, -0.15) is 0 Å². The highest BCUT2D eigenvalue weighted by Gasteiger charge is 2.07. The predicted octanol–water partition coefficient (Wildman–Crippen LogP) is 2.06. The van der Waals surface area contributed by atoms with Crippen LogP contribution in [-0.4, -0.2) is 48.9 Å². The lowest BCUT2D eigenvalue weighted by atomic mass is 10.1. The molecule has 0 fully saturated rings. The molecule has 0 amide bonds. The zero-order valence-corrected chi connectivity index (χ0v) is 11.0. The van der Waals surface area contributed by atoms with Crippen molar-refractivity contribution in [3.8, 4) is 0 Å². The summed E-state index contributed by atoms with van der Waals surface area (Å²) in [7, 11) is 6.56. The van der Waals surface area contributed by atoms with E-state index in [1.807, 2.05) is 0 Å². The van der Waals surface area contributed by atoms with Crippen molar-refractivity contribution in [1.29, 1.82) is 0 Å². The normalized spacial score (nSPS) is 12.9. The number of Topliss-reactive ketones (excluding diaryl/α,β-unsaturated/α-hetero) is 1. The average molecular weight is 229 g/mol. The predicted molar refractivity (Wildman–Crippen MR) is 65.9 cm³/mol. The third-order valence-corrected chi connectivity index (χ3v) is 2.54. The number of hydrogen-bond donors (Lipinski definition) is 1. The summed E-state index contributed by atoms with van der Waals surface area (Å²) >= 11 is 0. The van der Waals surface area contributed by atoms with E-state index in [-0.39, 0.29) is 11.5 Å². The van der Waals surface area contributed by atoms with E-state index in [1.54, 1.807) is 6.92 Å². The minimum Gasteiger partial charge on any atom is -0.411 e. The largest absolute Gasteiger partial charge is 0.411 e. The Bertz CT molecular complexity index is 242. The van der Waals surface area contributed by atoms with Gasteiger partial charge in [0.15, 0.2) is 5.78 Å². The third kappa shape index (κ3) is 8.41. The maximum atomic E-state index is 11.3. The first-order valence-corrected chi connectivity index (χ1v) is 5.89. The van der Waals surface area contributed by atoms with Gasteiger partial charge in [0.1, 0.15) is 5.71 Å². The molecule has 0 spiro atoms. The van der Waals surface area contributed by atoms with Gasteiger partial charge in [0.05, 0.1) is 27.7 Å². The number of quaternary nitrogens is 1. The van der Waals surface area contributed by atoms with Crippen molar-refractivity contribution in [1.82, 2.24) is 0 Å². The molecule has 0 aliphatic rings. The zero-order chi connectivity index (χ0) is 12.6. The molecule has 16 heavy (non-hydrogen) atoms. The maximum absolute atomic E-state index is 11.3. The Hall–Kier alpha value is -0.900. The fourth-order valence-corrected chi connectivity index (χ4v) is 1.46. The van der Waals surface area contributed by atoms with Crippen molar-refractivity contribution < 1.29 is 14.5 Å². The molecule has 0 rings (SSSR count). The van der Waals surface area contributed by atoms with Crippen LogP contribution in [0.25, 0.3) is 0 Å². The minimum absolute atomic E-state index is 0.0471. The van der Waals surface area contributed by atoms with E-state index in [9.17, 15) is 4.79 Å². The van der Waals surface area contributed by atoms with Crippen molar-refractivity contribution in [2.45, 2.75) is 39.0 Å². The molecule has 0 aromatic rings. The first-order valence-electron chi connectivity index (χ1n) is 5.89. The van der Waals surface area contributed by atoms with Gasteiger partial charge in [-0.15, -0.1) is 0 Å². The summed E-state index contributed by atoms with van der Waals surface area (Å²) in [6.45, 7) is 2.71. The second-order valence-corrected chi connectivity index (χ2v) is 5.29. The number of ketones is 1. The Balaban J connectivity index is 3.45. The van der Waals surface area contributed by atoms with Gasteiger partial charge >= 0.3 is 0 Å². The molecule has 0 unspecified atom stereocenters. The first-order chi connectivity index (χ1) is 7.37. The number of rotatable bonds is 8. The molecule has 0 aromatic heterocycles. The molecule has 0 radical (unpaired) electrons. The molecular formula is C12H25N2O2+. The second-order valence-electron chi connectivity index (χ2n) is 5.29. The Labute approximate surface area is 98.5 Å². The van der Waals surface area contributed by atoms with Gasteiger partial charge in [0.25, 0.3) is 0 Å². The summed E-state index contributed by atoms with van der Waals surface area (Å²) in [6, 6.07) is 0. The van der Waals surface area contributed by atoms with Gasteiger partial charge in [-0.3, -0.25) is 4.79 Å². The SMILES string of the molecule is C/C(=N\O)C(=O)CCCCCC[N+](C)(C)C. The van der Waals surface area contributed by atoms with Crippen molar-refractivity contribution in [2.24, 2.45) is 5.16 Å². The van der Waals surface area contributed by atoms with Gasteiger partial charge in [0.2, 0.25) is 0 Å². The second kappa shape index (κ2) is 7.39. The maximum Gasteiger partial charge on any atom is 0.180 e. The standard InChI is InChI=1S/C12H24N2O2/c1-11(13-16)12(15)9-7-5-6-8-10-14(2,3)4/h5-10H2,1-4H3/p+1. The molecule has 0 aliphatic carbocycles. The average Bonchev–Trinajstić information content (AvgIpc) is 2.20. The van der Waals surface area contributed by atoms with Crippen LogP contribution in [0.15, 0.2) is 5.16 Å². The molecule has 0 heterocycles. The van der Waals surface area contributed by atoms with E-state index in [0.717, 1.165) is 23.7 Å². The lowest BCUT2D eigenvalue weighted by Gasteiger charge is -2.23. The Morgan fingerprint density at radius 1 is 1.12 bits per heavy atom. The highest BCUT2D eigenvalue weighted by molar-refractivity contribution is 6.38. The van der Waals surface area contributed by atoms with Gasteiger partial charge in [-0.1, -0.05) is 11.6 Å². The topological polar surface area (TPSA) is 49.7 Å². The number of nitrogens with zero attached hydrogens (tertiary/aromatic N) is 2. The number of hydrogen-bond acceptors (Lipinski definition) is 3. The molecule has 94 valence electrons. The van der Waals surface area contributed by atoms with Crippen LogP contribution >= 0.6 is 0 Å². The van der Waals surface area contributed by atoms with Gasteiger partial charge in [-0.25, -0.2) is 0 Å². The summed E-state index contributed by atoms with van der Waals surface area (Å²) in [5, 5.41) is 11.3. The number of carbonyl (C=O) groups excluding carboxylic acids is 1. The van der Waals surface area contributed by atoms with Crippen molar-refractivity contribution in [3.63, 3.8) is 0 Å². The lowest BCUT2D eigenvalue weighted by Crippen LogP contribution is -2.35. The van der Waals surface area contributed by atoms with Crippen LogP contribution in [0.3, 0.4) is 0 Å². The Morgan fingerprint density at radius 3 is 2.19 bits per heavy atom. The Kier molecular flexibility index (Phi) is 6.97. The molecule has 0 bridgehead atoms. The third-order valence-electron chi connectivity index (χ3n) is 2.54. The monoisotopic (exact) mass is 229 g/mol. The summed E-state index contributed by atoms with van der Waals surface area (Å²) in [4.78, 5) is 11.3. The summed E-state index contributed by atoms with van der Waals surface area (Å²) in [5.74, 6) is -0.0471. The molecule has 4 nitrogen and oxygen atoms in total. The molecule has 0 atom stereocenters. The fourth-order valence-electron chi connectivity index (χ4n) is 1.46. The molecule has 1 N–H and O–H groups in total. The quantitative estimate of drug-likeness (QED) is 0.228. The summed E-state index contributed by atoms with van der Waals surface area (Å²) in [5.41, 5.74) is 0.214. The molecule has 4 heteroatoms. The smallest absolute Gasteiger partial charge is 0.180 e. The minimum atomic E-state index is -0.0471. The first kappa shape index (κ1) is 15.1. The molecule has 0 aromatic carbocycles. The van der Waals surface area contributed by atoms with E-state index in [1.165, 1.54) is 13.0 Å². The molecule has 0 aliphatic heterocycles. The van der Waals surface area contributed by atoms with Gasteiger partial charge in [0, 0.05) is 6.42 Å². The van der Waals surface area contributed by atoms with Crippen LogP contribution in [0.4, 0.5) is 0 Å². The van der Waals surface area contributed by atoms with Crippen LogP contribution in [0.5, 0.6) is 0 Å². The lowest BCUT2D eigenvalue weighted by molar-refractivity contribution is -0.870. The number of unbranched alkanes of at least 4 members (excludes halogenated alkanes) is 3. The molecular weight excluding hydrogens is 204 g/mol. The molecule has 0 saturated heterocycles. The van der Waals surface area contributed by atoms with E-state index in [2.05, 4.69) is 26.3 Å². The highest BCUT2D eigenvalue weighted by atomic mass is 16.4. The van der Waals surface area contributed by atoms with Crippen molar-refractivity contribution in [3.05, 3.63) is 0 Å². The van der Waals surface area contributed by atoms with E-state index in [0.29, 0.717) is 6.42 Å². The summed E-state index contributed by atoms with van der Waals surface area (Å²) < 4.78 is 0.995. The van der Waals surface area contributed by atoms with Crippen molar-refractivity contribution >= 4 is 11.5 Å². The van der Waals surface area contributed by atoms with Crippen LogP contribution in [-0.2, 0) is 4.79 Å². The number of carbonyl (C=O) groups is 1. The van der Waals surface area contributed by atoms with Crippen LogP contribution in [0, 0.1) is 0 Å². The summed E-state index contributed by atoms with van der Waals surface area (Å²) in [6.07, 6.45) is 4.83. The van der Waals surface area contributed by atoms with Crippen LogP contribution < -0.4 is 0 Å². The van der Waals surface area contributed by atoms with E-state index < -0.39 is 0 Å². The van der Waals surface area contributed by atoms with E-state index in [4.69, 9.17) is 5.21 Å². The van der Waals surface area contributed by atoms with Gasteiger partial charge < -0.3 is 9.69 Å².